The Morgan fingerprint density at radius 1 is 1.07 bits per heavy atom. The summed E-state index contributed by atoms with van der Waals surface area (Å²) in [5.41, 5.74) is 0. The van der Waals surface area contributed by atoms with Crippen LogP contribution in [0.1, 0.15) is 20.8 Å². The molecule has 0 unspecified atom stereocenters. The van der Waals surface area contributed by atoms with Gasteiger partial charge in [0.2, 0.25) is 0 Å². The second-order valence-electron chi connectivity index (χ2n) is 4.19. The second kappa shape index (κ2) is 6.06. The number of likely N-dealkylation sites (N-methyl/N-ethyl adjacent to an activating group) is 1. The third kappa shape index (κ3) is 4.13. The smallest absolute Gasteiger partial charge is 0.0602 e. The van der Waals surface area contributed by atoms with Crippen molar-refractivity contribution in [2.75, 3.05) is 39.3 Å². The van der Waals surface area contributed by atoms with Gasteiger partial charge in [-0.25, -0.2) is 0 Å². The van der Waals surface area contributed by atoms with E-state index >= 15 is 0 Å². The first-order chi connectivity index (χ1) is 6.72. The standard InChI is InChI=1S/C12H22N2/c1-4-13-8-10-14(11-9-13)7-5-6-12(2)3/h12H,4,7-11H2,1-3H3. The molecule has 0 spiro atoms. The van der Waals surface area contributed by atoms with E-state index in [0.29, 0.717) is 5.92 Å². The van der Waals surface area contributed by atoms with Crippen LogP contribution in [0.2, 0.25) is 0 Å². The highest BCUT2D eigenvalue weighted by molar-refractivity contribution is 5.03. The molecule has 2 heteroatoms. The molecule has 80 valence electrons. The van der Waals surface area contributed by atoms with Crippen molar-refractivity contribution in [3.05, 3.63) is 0 Å². The molecule has 14 heavy (non-hydrogen) atoms. The lowest BCUT2D eigenvalue weighted by molar-refractivity contribution is 0.149. The lowest BCUT2D eigenvalue weighted by Gasteiger charge is -2.32. The van der Waals surface area contributed by atoms with E-state index in [1.54, 1.807) is 0 Å². The highest BCUT2D eigenvalue weighted by Crippen LogP contribution is 1.99. The van der Waals surface area contributed by atoms with Crippen molar-refractivity contribution in [1.29, 1.82) is 0 Å². The quantitative estimate of drug-likeness (QED) is 0.611. The summed E-state index contributed by atoms with van der Waals surface area (Å²) in [6, 6.07) is 0. The van der Waals surface area contributed by atoms with E-state index in [0.717, 1.165) is 6.54 Å². The molecule has 1 rings (SSSR count). The fraction of sp³-hybridized carbons (Fsp3) is 0.833. The van der Waals surface area contributed by atoms with Crippen molar-refractivity contribution in [2.45, 2.75) is 20.8 Å². The largest absolute Gasteiger partial charge is 0.301 e. The topological polar surface area (TPSA) is 6.48 Å². The molecule has 0 aromatic carbocycles. The zero-order valence-electron chi connectivity index (χ0n) is 9.71. The number of hydrogen-bond acceptors (Lipinski definition) is 2. The van der Waals surface area contributed by atoms with Crippen LogP contribution in [0, 0.1) is 17.8 Å². The Morgan fingerprint density at radius 2 is 1.64 bits per heavy atom. The molecule has 0 bridgehead atoms. The van der Waals surface area contributed by atoms with Gasteiger partial charge in [-0.1, -0.05) is 32.6 Å². The normalized spacial score (nSPS) is 19.4. The molecule has 0 atom stereocenters. The molecule has 0 aliphatic carbocycles. The van der Waals surface area contributed by atoms with E-state index in [2.05, 4.69) is 42.4 Å². The Balaban J connectivity index is 2.20. The van der Waals surface area contributed by atoms with Crippen molar-refractivity contribution < 1.29 is 0 Å². The van der Waals surface area contributed by atoms with Crippen molar-refractivity contribution in [2.24, 2.45) is 5.92 Å². The van der Waals surface area contributed by atoms with Gasteiger partial charge in [-0.15, -0.1) is 0 Å². The van der Waals surface area contributed by atoms with Gasteiger partial charge in [0.05, 0.1) is 6.54 Å². The molecule has 0 saturated carbocycles. The Bertz CT molecular complexity index is 204. The van der Waals surface area contributed by atoms with Crippen LogP contribution in [0.5, 0.6) is 0 Å². The summed E-state index contributed by atoms with van der Waals surface area (Å²) in [4.78, 5) is 4.94. The first kappa shape index (κ1) is 11.6. The summed E-state index contributed by atoms with van der Waals surface area (Å²) in [5, 5.41) is 0. The average molecular weight is 194 g/mol. The molecule has 1 fully saturated rings. The highest BCUT2D eigenvalue weighted by Gasteiger charge is 2.13. The molecule has 1 saturated heterocycles. The summed E-state index contributed by atoms with van der Waals surface area (Å²) in [5.74, 6) is 6.96. The van der Waals surface area contributed by atoms with Crippen LogP contribution in [0.3, 0.4) is 0 Å². The molecular weight excluding hydrogens is 172 g/mol. The molecule has 2 nitrogen and oxygen atoms in total. The van der Waals surface area contributed by atoms with E-state index in [1.165, 1.54) is 32.7 Å². The Kier molecular flexibility index (Phi) is 5.00. The van der Waals surface area contributed by atoms with Crippen molar-refractivity contribution in [3.63, 3.8) is 0 Å². The minimum absolute atomic E-state index is 0.506. The SMILES string of the molecule is CCN1CCN(CC#CC(C)C)CC1. The Hall–Kier alpha value is -0.520. The zero-order chi connectivity index (χ0) is 10.4. The highest BCUT2D eigenvalue weighted by atomic mass is 15.2. The fourth-order valence-electron chi connectivity index (χ4n) is 1.63. The Morgan fingerprint density at radius 3 is 2.14 bits per heavy atom. The van der Waals surface area contributed by atoms with Crippen LogP contribution in [-0.4, -0.2) is 49.1 Å². The van der Waals surface area contributed by atoms with Gasteiger partial charge >= 0.3 is 0 Å². The average Bonchev–Trinajstić information content (AvgIpc) is 2.18. The van der Waals surface area contributed by atoms with Gasteiger partial charge in [0, 0.05) is 32.1 Å². The van der Waals surface area contributed by atoms with Crippen molar-refractivity contribution >= 4 is 0 Å². The first-order valence-electron chi connectivity index (χ1n) is 5.65. The van der Waals surface area contributed by atoms with Gasteiger partial charge in [0.25, 0.3) is 0 Å². The molecule has 0 radical (unpaired) electrons. The lowest BCUT2D eigenvalue weighted by atomic mass is 10.2. The maximum absolute atomic E-state index is 3.24. The predicted molar refractivity (Wildman–Crippen MR) is 61.2 cm³/mol. The molecule has 1 aliphatic heterocycles. The molecular formula is C12H22N2. The van der Waals surface area contributed by atoms with Gasteiger partial charge < -0.3 is 4.90 Å². The van der Waals surface area contributed by atoms with E-state index in [-0.39, 0.29) is 0 Å². The number of hydrogen-bond donors (Lipinski definition) is 0. The third-order valence-corrected chi connectivity index (χ3v) is 2.61. The van der Waals surface area contributed by atoms with E-state index in [4.69, 9.17) is 0 Å². The van der Waals surface area contributed by atoms with Crippen LogP contribution < -0.4 is 0 Å². The van der Waals surface area contributed by atoms with Crippen molar-refractivity contribution in [3.8, 4) is 11.8 Å². The van der Waals surface area contributed by atoms with Gasteiger partial charge in [-0.3, -0.25) is 4.90 Å². The van der Waals surface area contributed by atoms with Gasteiger partial charge in [-0.2, -0.15) is 0 Å². The zero-order valence-corrected chi connectivity index (χ0v) is 9.71. The minimum Gasteiger partial charge on any atom is -0.301 e. The van der Waals surface area contributed by atoms with Crippen LogP contribution in [0.15, 0.2) is 0 Å². The van der Waals surface area contributed by atoms with Crippen LogP contribution in [-0.2, 0) is 0 Å². The Labute approximate surface area is 88.3 Å². The summed E-state index contributed by atoms with van der Waals surface area (Å²) >= 11 is 0. The number of piperazine rings is 1. The van der Waals surface area contributed by atoms with E-state index in [1.807, 2.05) is 0 Å². The molecule has 1 aliphatic rings. The van der Waals surface area contributed by atoms with Crippen molar-refractivity contribution in [1.82, 2.24) is 9.80 Å². The van der Waals surface area contributed by atoms with Crippen LogP contribution in [0.4, 0.5) is 0 Å². The molecule has 1 heterocycles. The van der Waals surface area contributed by atoms with E-state index in [9.17, 15) is 0 Å². The molecule has 0 amide bonds. The van der Waals surface area contributed by atoms with E-state index < -0.39 is 0 Å². The number of rotatable bonds is 2. The first-order valence-corrected chi connectivity index (χ1v) is 5.65. The maximum atomic E-state index is 3.24. The van der Waals surface area contributed by atoms with Crippen LogP contribution >= 0.6 is 0 Å². The lowest BCUT2D eigenvalue weighted by Crippen LogP contribution is -2.46. The third-order valence-electron chi connectivity index (χ3n) is 2.61. The molecule has 0 N–H and O–H groups in total. The monoisotopic (exact) mass is 194 g/mol. The van der Waals surface area contributed by atoms with Crippen LogP contribution in [0.25, 0.3) is 0 Å². The minimum atomic E-state index is 0.506. The van der Waals surface area contributed by atoms with Gasteiger partial charge in [0.15, 0.2) is 0 Å². The fourth-order valence-corrected chi connectivity index (χ4v) is 1.63. The van der Waals surface area contributed by atoms with Gasteiger partial charge in [-0.05, 0) is 6.54 Å². The maximum Gasteiger partial charge on any atom is 0.0602 e. The summed E-state index contributed by atoms with van der Waals surface area (Å²) in [6.07, 6.45) is 0. The molecule has 0 aromatic heterocycles. The summed E-state index contributed by atoms with van der Waals surface area (Å²) in [7, 11) is 0. The molecule has 0 aromatic rings. The summed E-state index contributed by atoms with van der Waals surface area (Å²) < 4.78 is 0. The van der Waals surface area contributed by atoms with Gasteiger partial charge in [0.1, 0.15) is 0 Å². The predicted octanol–water partition coefficient (Wildman–Crippen LogP) is 1.28. The second-order valence-corrected chi connectivity index (χ2v) is 4.19. The number of nitrogens with zero attached hydrogens (tertiary/aromatic N) is 2. The summed E-state index contributed by atoms with van der Waals surface area (Å²) in [6.45, 7) is 13.4.